The molecule has 5 nitrogen and oxygen atoms in total. The molecule has 0 amide bonds. The molecule has 2 aromatic heterocycles. The van der Waals surface area contributed by atoms with Gasteiger partial charge in [-0.25, -0.2) is 0 Å². The molecule has 0 fully saturated rings. The number of rotatable bonds is 11. The topological polar surface area (TPSA) is 54.0 Å². The summed E-state index contributed by atoms with van der Waals surface area (Å²) in [6, 6.07) is 52.2. The van der Waals surface area contributed by atoms with E-state index in [1.54, 1.807) is 7.11 Å². The average Bonchev–Trinajstić information content (AvgIpc) is 3.83. The molecule has 8 aromatic carbocycles. The number of methoxy groups -OCH3 is 1. The summed E-state index contributed by atoms with van der Waals surface area (Å²) in [6.07, 6.45) is 0. The van der Waals surface area contributed by atoms with Crippen molar-refractivity contribution in [2.75, 3.05) is 33.5 Å². The molecule has 0 aliphatic rings. The van der Waals surface area contributed by atoms with Crippen molar-refractivity contribution in [3.8, 4) is 44.9 Å². The Morgan fingerprint density at radius 2 is 0.966 bits per heavy atom. The molecule has 0 spiro atoms. The fourth-order valence-electron chi connectivity index (χ4n) is 8.23. The molecule has 58 heavy (non-hydrogen) atoms. The standard InChI is InChI=1S/C51H38O5S2/c1-31(52)54-27-28-56-45-24-20-33-30-35(39-12-8-14-43-41-10-4-6-16-47(41)58-51(39)43)18-22-37(33)49(45)48-36-21-17-34(29-32(36)19-23-44(48)55-26-25-53-2)38-11-7-13-42-40-9-3-5-15-46(40)57-50(38)42/h3-24,29-30H,25-28H2,1-2H3. The van der Waals surface area contributed by atoms with Gasteiger partial charge < -0.3 is 18.9 Å². The summed E-state index contributed by atoms with van der Waals surface area (Å²) in [6.45, 7) is 2.59. The first-order valence-electron chi connectivity index (χ1n) is 19.4. The Kier molecular flexibility index (Phi) is 9.50. The first kappa shape index (κ1) is 36.1. The number of hydrogen-bond acceptors (Lipinski definition) is 7. The molecular formula is C51H38O5S2. The predicted molar refractivity (Wildman–Crippen MR) is 243 cm³/mol. The van der Waals surface area contributed by atoms with Crippen LogP contribution < -0.4 is 9.47 Å². The fourth-order valence-corrected chi connectivity index (χ4v) is 10.7. The van der Waals surface area contributed by atoms with Crippen LogP contribution >= 0.6 is 22.7 Å². The summed E-state index contributed by atoms with van der Waals surface area (Å²) in [7, 11) is 1.68. The van der Waals surface area contributed by atoms with Crippen molar-refractivity contribution in [1.82, 2.24) is 0 Å². The second kappa shape index (κ2) is 15.3. The number of carbonyl (C=O) groups excluding carboxylic acids is 1. The fraction of sp³-hybridized carbons (Fsp3) is 0.118. The van der Waals surface area contributed by atoms with Crippen molar-refractivity contribution >= 4 is 90.5 Å². The van der Waals surface area contributed by atoms with Gasteiger partial charge in [-0.2, -0.15) is 0 Å². The van der Waals surface area contributed by atoms with Crippen molar-refractivity contribution in [1.29, 1.82) is 0 Å². The molecule has 10 aromatic rings. The van der Waals surface area contributed by atoms with Gasteiger partial charge in [-0.3, -0.25) is 4.79 Å². The van der Waals surface area contributed by atoms with Crippen LogP contribution in [0.2, 0.25) is 0 Å². The van der Waals surface area contributed by atoms with Crippen LogP contribution in [0, 0.1) is 0 Å². The van der Waals surface area contributed by atoms with E-state index >= 15 is 0 Å². The van der Waals surface area contributed by atoms with E-state index in [0.717, 1.165) is 49.5 Å². The smallest absolute Gasteiger partial charge is 0.302 e. The third-order valence-electron chi connectivity index (χ3n) is 10.8. The molecule has 2 heterocycles. The molecule has 284 valence electrons. The van der Waals surface area contributed by atoms with Gasteiger partial charge in [0, 0.05) is 65.5 Å². The molecule has 0 unspecified atom stereocenters. The first-order chi connectivity index (χ1) is 28.6. The monoisotopic (exact) mass is 794 g/mol. The summed E-state index contributed by atoms with van der Waals surface area (Å²) in [5, 5.41) is 9.34. The highest BCUT2D eigenvalue weighted by molar-refractivity contribution is 7.26. The number of fused-ring (bicyclic) bond motifs is 8. The van der Waals surface area contributed by atoms with Crippen molar-refractivity contribution in [3.05, 3.63) is 146 Å². The summed E-state index contributed by atoms with van der Waals surface area (Å²) in [4.78, 5) is 11.7. The molecule has 0 aliphatic heterocycles. The average molecular weight is 795 g/mol. The molecule has 0 atom stereocenters. The van der Waals surface area contributed by atoms with Crippen LogP contribution in [0.1, 0.15) is 6.92 Å². The van der Waals surface area contributed by atoms with E-state index in [0.29, 0.717) is 19.0 Å². The maximum Gasteiger partial charge on any atom is 0.302 e. The lowest BCUT2D eigenvalue weighted by Crippen LogP contribution is -2.10. The Hall–Kier alpha value is -6.25. The maximum absolute atomic E-state index is 11.7. The highest BCUT2D eigenvalue weighted by Crippen LogP contribution is 2.48. The van der Waals surface area contributed by atoms with Crippen LogP contribution in [0.3, 0.4) is 0 Å². The zero-order chi connectivity index (χ0) is 39.2. The molecule has 0 radical (unpaired) electrons. The summed E-state index contributed by atoms with van der Waals surface area (Å²) >= 11 is 3.67. The molecule has 0 saturated heterocycles. The minimum Gasteiger partial charge on any atom is -0.491 e. The van der Waals surface area contributed by atoms with Gasteiger partial charge in [-0.15, -0.1) is 22.7 Å². The van der Waals surface area contributed by atoms with Crippen LogP contribution in [0.25, 0.3) is 95.3 Å². The predicted octanol–water partition coefficient (Wildman–Crippen LogP) is 13.7. The van der Waals surface area contributed by atoms with Crippen molar-refractivity contribution < 1.29 is 23.7 Å². The largest absolute Gasteiger partial charge is 0.491 e. The van der Waals surface area contributed by atoms with E-state index in [4.69, 9.17) is 18.9 Å². The second-order valence-electron chi connectivity index (χ2n) is 14.3. The van der Waals surface area contributed by atoms with Gasteiger partial charge >= 0.3 is 5.97 Å². The molecular weight excluding hydrogens is 757 g/mol. The van der Waals surface area contributed by atoms with E-state index in [1.807, 2.05) is 28.7 Å². The lowest BCUT2D eigenvalue weighted by Gasteiger charge is -2.20. The summed E-state index contributed by atoms with van der Waals surface area (Å²) in [5.74, 6) is 1.08. The third-order valence-corrected chi connectivity index (χ3v) is 13.3. The van der Waals surface area contributed by atoms with Gasteiger partial charge in [0.2, 0.25) is 0 Å². The lowest BCUT2D eigenvalue weighted by molar-refractivity contribution is -0.141. The molecule has 0 aliphatic carbocycles. The molecule has 7 heteroatoms. The minimum absolute atomic E-state index is 0.143. The van der Waals surface area contributed by atoms with Crippen molar-refractivity contribution in [3.63, 3.8) is 0 Å². The Morgan fingerprint density at radius 1 is 0.483 bits per heavy atom. The van der Waals surface area contributed by atoms with Crippen molar-refractivity contribution in [2.45, 2.75) is 6.92 Å². The highest BCUT2D eigenvalue weighted by atomic mass is 32.1. The molecule has 0 bridgehead atoms. The molecule has 0 N–H and O–H groups in total. The van der Waals surface area contributed by atoms with Gasteiger partial charge in [-0.1, -0.05) is 109 Å². The third kappa shape index (κ3) is 6.42. The Labute approximate surface area is 343 Å². The van der Waals surface area contributed by atoms with Crippen LogP contribution in [0.4, 0.5) is 0 Å². The van der Waals surface area contributed by atoms with Crippen LogP contribution in [0.15, 0.2) is 146 Å². The number of hydrogen-bond donors (Lipinski definition) is 0. The first-order valence-corrected chi connectivity index (χ1v) is 21.0. The van der Waals surface area contributed by atoms with Gasteiger partial charge in [0.25, 0.3) is 0 Å². The lowest BCUT2D eigenvalue weighted by atomic mass is 9.89. The minimum atomic E-state index is -0.339. The molecule has 0 saturated carbocycles. The van der Waals surface area contributed by atoms with E-state index in [1.165, 1.54) is 58.4 Å². The highest BCUT2D eigenvalue weighted by Gasteiger charge is 2.21. The van der Waals surface area contributed by atoms with Crippen molar-refractivity contribution in [2.24, 2.45) is 0 Å². The number of thiophene rings is 2. The number of carbonyl (C=O) groups is 1. The maximum atomic E-state index is 11.7. The number of esters is 1. The van der Waals surface area contributed by atoms with Gasteiger partial charge in [0.15, 0.2) is 0 Å². The zero-order valence-corrected chi connectivity index (χ0v) is 33.7. The van der Waals surface area contributed by atoms with E-state index < -0.39 is 0 Å². The Morgan fingerprint density at radius 3 is 1.47 bits per heavy atom. The Bertz CT molecular complexity index is 3190. The van der Waals surface area contributed by atoms with E-state index in [9.17, 15) is 4.79 Å². The van der Waals surface area contributed by atoms with E-state index in [2.05, 4.69) is 140 Å². The Balaban J connectivity index is 1.16. The normalized spacial score (nSPS) is 11.7. The summed E-state index contributed by atoms with van der Waals surface area (Å²) in [5.41, 5.74) is 6.58. The van der Waals surface area contributed by atoms with Crippen LogP contribution in [0.5, 0.6) is 11.5 Å². The number of ether oxygens (including phenoxy) is 4. The summed E-state index contributed by atoms with van der Waals surface area (Å²) < 4.78 is 28.8. The van der Waals surface area contributed by atoms with Gasteiger partial charge in [-0.05, 0) is 80.2 Å². The van der Waals surface area contributed by atoms with Crippen LogP contribution in [-0.4, -0.2) is 39.5 Å². The van der Waals surface area contributed by atoms with Crippen LogP contribution in [-0.2, 0) is 14.3 Å². The number of benzene rings is 8. The van der Waals surface area contributed by atoms with Gasteiger partial charge in [0.1, 0.15) is 31.3 Å². The van der Waals surface area contributed by atoms with E-state index in [-0.39, 0.29) is 19.2 Å². The SMILES string of the molecule is COCCOc1ccc2cc(-c3cccc4c3sc3ccccc34)ccc2c1-c1c(OCCOC(C)=O)ccc2cc(-c3cccc4c3sc3ccccc34)ccc12. The quantitative estimate of drug-likeness (QED) is 0.0964. The zero-order valence-electron chi connectivity index (χ0n) is 32.0. The molecule has 10 rings (SSSR count). The second-order valence-corrected chi connectivity index (χ2v) is 16.4. The van der Waals surface area contributed by atoms with Gasteiger partial charge in [0.05, 0.1) is 6.61 Å².